The van der Waals surface area contributed by atoms with Gasteiger partial charge in [0, 0.05) is 17.0 Å². The predicted octanol–water partition coefficient (Wildman–Crippen LogP) is -0.581. The second-order valence-corrected chi connectivity index (χ2v) is 7.00. The lowest BCUT2D eigenvalue weighted by Gasteiger charge is -2.32. The largest absolute Gasteiger partial charge is 0.394 e. The van der Waals surface area contributed by atoms with Crippen LogP contribution in [0.3, 0.4) is 0 Å². The van der Waals surface area contributed by atoms with Gasteiger partial charge in [0.1, 0.15) is 37.0 Å². The van der Waals surface area contributed by atoms with Crippen LogP contribution in [0.4, 0.5) is 5.69 Å². The first-order chi connectivity index (χ1) is 14.0. The van der Waals surface area contributed by atoms with Gasteiger partial charge in [-0.2, -0.15) is 0 Å². The van der Waals surface area contributed by atoms with Crippen LogP contribution in [0.15, 0.2) is 44.4 Å². The smallest absolute Gasteiger partial charge is 0.162 e. The lowest BCUT2D eigenvalue weighted by Crippen LogP contribution is -2.56. The van der Waals surface area contributed by atoms with Crippen LogP contribution in [0.1, 0.15) is 5.56 Å². The average molecular weight is 400 g/mol. The van der Waals surface area contributed by atoms with Crippen molar-refractivity contribution < 1.29 is 20.1 Å². The summed E-state index contributed by atoms with van der Waals surface area (Å²) in [6.45, 7) is -0.296. The zero-order valence-corrected chi connectivity index (χ0v) is 15.3. The number of rotatable bonds is 5. The Bertz CT molecular complexity index is 926. The summed E-state index contributed by atoms with van der Waals surface area (Å²) in [7, 11) is 0. The van der Waals surface area contributed by atoms with Gasteiger partial charge in [-0.05, 0) is 11.1 Å². The molecule has 1 fully saturated rings. The molecule has 4 rings (SSSR count). The normalized spacial score (nSPS) is 33.2. The van der Waals surface area contributed by atoms with E-state index >= 15 is 0 Å². The summed E-state index contributed by atoms with van der Waals surface area (Å²) in [5.41, 5.74) is 15.7. The molecule has 0 aliphatic carbocycles. The van der Waals surface area contributed by atoms with Crippen molar-refractivity contribution in [2.24, 2.45) is 25.8 Å². The number of aliphatic hydroxyl groups is 3. The third-order valence-electron chi connectivity index (χ3n) is 5.14. The zero-order valence-electron chi connectivity index (χ0n) is 15.3. The van der Waals surface area contributed by atoms with E-state index in [1.54, 1.807) is 29.2 Å². The Morgan fingerprint density at radius 2 is 2.07 bits per heavy atom. The number of nitrogens with two attached hydrogens (primary N) is 1. The van der Waals surface area contributed by atoms with Gasteiger partial charge in [0.15, 0.2) is 17.7 Å². The van der Waals surface area contributed by atoms with E-state index in [0.717, 1.165) is 5.56 Å². The average Bonchev–Trinajstić information content (AvgIpc) is 3.26. The predicted molar refractivity (Wildman–Crippen MR) is 104 cm³/mol. The zero-order chi connectivity index (χ0) is 20.6. The lowest BCUT2D eigenvalue weighted by atomic mass is 9.94. The topological polar surface area (TPSA) is 185 Å². The van der Waals surface area contributed by atoms with Gasteiger partial charge in [0.25, 0.3) is 0 Å². The first-order valence-electron chi connectivity index (χ1n) is 8.95. The number of fused-ring (bicyclic) bond motifs is 1. The molecule has 1 saturated heterocycles. The van der Waals surface area contributed by atoms with Gasteiger partial charge in [-0.1, -0.05) is 29.4 Å². The summed E-state index contributed by atoms with van der Waals surface area (Å²) in [5, 5.41) is 33.2. The van der Waals surface area contributed by atoms with Crippen molar-refractivity contribution in [3.63, 3.8) is 0 Å². The van der Waals surface area contributed by atoms with Crippen LogP contribution in [0.25, 0.3) is 10.4 Å². The highest BCUT2D eigenvalue weighted by Gasteiger charge is 2.50. The molecule has 1 unspecified atom stereocenters. The monoisotopic (exact) mass is 400 g/mol. The first kappa shape index (κ1) is 19.5. The van der Waals surface area contributed by atoms with Crippen molar-refractivity contribution in [1.82, 2.24) is 4.90 Å². The second-order valence-electron chi connectivity index (χ2n) is 7.00. The van der Waals surface area contributed by atoms with E-state index in [9.17, 15) is 15.3 Å². The number of benzene rings is 1. The Kier molecular flexibility index (Phi) is 5.04. The molecule has 3 aliphatic rings. The number of hydrogen-bond acceptors (Lipinski definition) is 10. The van der Waals surface area contributed by atoms with Crippen LogP contribution in [0.2, 0.25) is 0 Å². The Hall–Kier alpha value is -2.86. The number of azide groups is 1. The van der Waals surface area contributed by atoms with Gasteiger partial charge in [0.05, 0.1) is 6.61 Å². The molecule has 1 aromatic rings. The molecule has 29 heavy (non-hydrogen) atoms. The van der Waals surface area contributed by atoms with Crippen molar-refractivity contribution in [3.8, 4) is 0 Å². The van der Waals surface area contributed by atoms with Crippen molar-refractivity contribution in [2.45, 2.75) is 36.6 Å². The van der Waals surface area contributed by atoms with Crippen LogP contribution >= 0.6 is 0 Å². The van der Waals surface area contributed by atoms with Crippen LogP contribution < -0.4 is 5.73 Å². The van der Waals surface area contributed by atoms with Crippen LogP contribution in [0.5, 0.6) is 0 Å². The third-order valence-corrected chi connectivity index (χ3v) is 5.14. The fourth-order valence-corrected chi connectivity index (χ4v) is 3.65. The lowest BCUT2D eigenvalue weighted by molar-refractivity contribution is -0.0688. The minimum Gasteiger partial charge on any atom is -0.394 e. The number of aliphatic hydroxyl groups excluding tert-OH is 3. The van der Waals surface area contributed by atoms with E-state index in [1.165, 1.54) is 6.34 Å². The Balaban J connectivity index is 1.54. The SMILES string of the molecule is [N-]=[N+]=Nc1ccc(CC2(N)N=CN=C3C2=NCN3[C@@H]2O[C@H](CO)[C@@H](O)[C@H]2O)cc1. The number of aliphatic imine (C=N–C) groups is 3. The highest BCUT2D eigenvalue weighted by molar-refractivity contribution is 6.47. The summed E-state index contributed by atoms with van der Waals surface area (Å²) in [4.78, 5) is 17.4. The summed E-state index contributed by atoms with van der Waals surface area (Å²) >= 11 is 0. The molecule has 0 saturated carbocycles. The molecule has 3 aliphatic heterocycles. The second kappa shape index (κ2) is 7.52. The number of hydrogen-bond donors (Lipinski definition) is 4. The van der Waals surface area contributed by atoms with E-state index in [0.29, 0.717) is 23.7 Å². The van der Waals surface area contributed by atoms with Gasteiger partial charge in [-0.3, -0.25) is 4.99 Å². The molecule has 1 aromatic carbocycles. The molecule has 0 radical (unpaired) electrons. The van der Waals surface area contributed by atoms with Crippen molar-refractivity contribution in [3.05, 3.63) is 40.3 Å². The van der Waals surface area contributed by atoms with Gasteiger partial charge >= 0.3 is 0 Å². The minimum atomic E-state index is -1.23. The Labute approximate surface area is 165 Å². The Morgan fingerprint density at radius 1 is 1.31 bits per heavy atom. The molecular formula is C17H20N8O4. The van der Waals surface area contributed by atoms with Gasteiger partial charge in [0.2, 0.25) is 0 Å². The molecule has 3 heterocycles. The summed E-state index contributed by atoms with van der Waals surface area (Å²) < 4.78 is 5.59. The van der Waals surface area contributed by atoms with Crippen LogP contribution in [-0.4, -0.2) is 81.6 Å². The highest BCUT2D eigenvalue weighted by atomic mass is 16.6. The first-order valence-corrected chi connectivity index (χ1v) is 8.95. The van der Waals surface area contributed by atoms with Crippen LogP contribution in [-0.2, 0) is 11.2 Å². The number of ether oxygens (including phenoxy) is 1. The standard InChI is InChI=1S/C17H20N8O4/c18-17(5-9-1-3-10(4-2-9)23-24-19)14-15(20-7-22-17)25(8-21-14)16-13(28)12(27)11(6-26)29-16/h1-4,7,11-13,16,26-28H,5-6,8,18H2/t11-,12-,13-,16-,17?/m1/s1. The maximum absolute atomic E-state index is 10.3. The summed E-state index contributed by atoms with van der Waals surface area (Å²) in [5.74, 6) is 0.406. The van der Waals surface area contributed by atoms with E-state index in [-0.39, 0.29) is 6.67 Å². The highest BCUT2D eigenvalue weighted by Crippen LogP contribution is 2.30. The molecular weight excluding hydrogens is 380 g/mol. The molecule has 0 bridgehead atoms. The maximum Gasteiger partial charge on any atom is 0.162 e. The van der Waals surface area contributed by atoms with Gasteiger partial charge < -0.3 is 30.7 Å². The fourth-order valence-electron chi connectivity index (χ4n) is 3.65. The molecule has 0 spiro atoms. The molecule has 152 valence electrons. The quantitative estimate of drug-likeness (QED) is 0.291. The fraction of sp³-hybridized carbons (Fsp3) is 0.471. The van der Waals surface area contributed by atoms with E-state index in [2.05, 4.69) is 25.0 Å². The summed E-state index contributed by atoms with van der Waals surface area (Å²) in [6, 6.07) is 6.95. The minimum absolute atomic E-state index is 0.124. The van der Waals surface area contributed by atoms with E-state index in [4.69, 9.17) is 16.0 Å². The van der Waals surface area contributed by atoms with E-state index in [1.807, 2.05) is 0 Å². The van der Waals surface area contributed by atoms with Crippen molar-refractivity contribution in [2.75, 3.05) is 13.3 Å². The molecule has 0 amide bonds. The van der Waals surface area contributed by atoms with Gasteiger partial charge in [-0.15, -0.1) is 0 Å². The Morgan fingerprint density at radius 3 is 2.72 bits per heavy atom. The molecule has 5 N–H and O–H groups in total. The van der Waals surface area contributed by atoms with Crippen LogP contribution in [0, 0.1) is 0 Å². The maximum atomic E-state index is 10.3. The number of amidine groups is 1. The summed E-state index contributed by atoms with van der Waals surface area (Å²) in [6.07, 6.45) is -2.60. The third kappa shape index (κ3) is 3.38. The van der Waals surface area contributed by atoms with Crippen molar-refractivity contribution in [1.29, 1.82) is 0 Å². The molecule has 0 aromatic heterocycles. The molecule has 5 atom stereocenters. The molecule has 12 nitrogen and oxygen atoms in total. The molecule has 12 heteroatoms. The van der Waals surface area contributed by atoms with Gasteiger partial charge in [-0.25, -0.2) is 9.98 Å². The number of nitrogens with zero attached hydrogens (tertiary/aromatic N) is 7. The van der Waals surface area contributed by atoms with E-state index < -0.39 is 36.8 Å². The van der Waals surface area contributed by atoms with Crippen molar-refractivity contribution >= 4 is 23.6 Å².